The fourth-order valence-corrected chi connectivity index (χ4v) is 4.11. The first-order valence-corrected chi connectivity index (χ1v) is 9.17. The smallest absolute Gasteiger partial charge is 0.335 e. The first-order valence-electron chi connectivity index (χ1n) is 6.90. The maximum atomic E-state index is 12.7. The van der Waals surface area contributed by atoms with E-state index in [1.165, 1.54) is 18.2 Å². The molecule has 0 unspecified atom stereocenters. The van der Waals surface area contributed by atoms with E-state index in [0.717, 1.165) is 10.0 Å². The summed E-state index contributed by atoms with van der Waals surface area (Å²) in [7, 11) is -3.88. The lowest BCUT2D eigenvalue weighted by atomic mass is 10.1. The van der Waals surface area contributed by atoms with Crippen molar-refractivity contribution >= 4 is 37.6 Å². The Morgan fingerprint density at radius 2 is 1.91 bits per heavy atom. The number of sulfonamides is 1. The molecule has 0 fully saturated rings. The number of rotatable bonds is 5. The predicted molar refractivity (Wildman–Crippen MR) is 92.5 cm³/mol. The molecule has 0 aliphatic heterocycles. The summed E-state index contributed by atoms with van der Waals surface area (Å²) in [5.41, 5.74) is 1.72. The van der Waals surface area contributed by atoms with E-state index in [9.17, 15) is 13.2 Å². The molecular formula is C16H16BrNO4S. The molecule has 5 nitrogen and oxygen atoms in total. The van der Waals surface area contributed by atoms with Crippen molar-refractivity contribution in [1.29, 1.82) is 0 Å². The van der Waals surface area contributed by atoms with Crippen molar-refractivity contribution < 1.29 is 18.3 Å². The van der Waals surface area contributed by atoms with E-state index >= 15 is 0 Å². The summed E-state index contributed by atoms with van der Waals surface area (Å²) in [6, 6.07) is 9.32. The number of carboxylic acid groups (broad SMARTS) is 1. The molecule has 0 radical (unpaired) electrons. The number of hydrogen-bond donors (Lipinski definition) is 2. The quantitative estimate of drug-likeness (QED) is 0.802. The minimum atomic E-state index is -3.88. The van der Waals surface area contributed by atoms with Crippen molar-refractivity contribution in [2.24, 2.45) is 0 Å². The van der Waals surface area contributed by atoms with Crippen LogP contribution < -0.4 is 4.72 Å². The SMILES string of the molecule is CCc1ccc(C(=O)O)cc1S(=O)(=O)Nc1ccc(Br)cc1C. The third-order valence-electron chi connectivity index (χ3n) is 3.42. The second-order valence-corrected chi connectivity index (χ2v) is 7.61. The fraction of sp³-hybridized carbons (Fsp3) is 0.188. The molecule has 0 aliphatic rings. The van der Waals surface area contributed by atoms with Crippen molar-refractivity contribution in [1.82, 2.24) is 0 Å². The number of benzene rings is 2. The van der Waals surface area contributed by atoms with Gasteiger partial charge in [-0.25, -0.2) is 13.2 Å². The number of aromatic carboxylic acids is 1. The van der Waals surface area contributed by atoms with Crippen molar-refractivity contribution in [3.8, 4) is 0 Å². The van der Waals surface area contributed by atoms with Gasteiger partial charge < -0.3 is 5.11 Å². The first kappa shape index (κ1) is 17.5. The van der Waals surface area contributed by atoms with Crippen LogP contribution in [0.3, 0.4) is 0 Å². The number of carboxylic acids is 1. The highest BCUT2D eigenvalue weighted by molar-refractivity contribution is 9.10. The van der Waals surface area contributed by atoms with Crippen LogP contribution in [0.25, 0.3) is 0 Å². The fourth-order valence-electron chi connectivity index (χ4n) is 2.17. The Morgan fingerprint density at radius 1 is 1.22 bits per heavy atom. The zero-order chi connectivity index (χ0) is 17.2. The Labute approximate surface area is 143 Å². The number of hydrogen-bond acceptors (Lipinski definition) is 3. The van der Waals surface area contributed by atoms with Crippen LogP contribution in [0.15, 0.2) is 45.8 Å². The molecule has 2 aromatic rings. The Bertz CT molecular complexity index is 862. The van der Waals surface area contributed by atoms with Crippen LogP contribution in [0, 0.1) is 6.92 Å². The molecule has 0 spiro atoms. The molecule has 7 heteroatoms. The summed E-state index contributed by atoms with van der Waals surface area (Å²) in [5, 5.41) is 9.08. The van der Waals surface area contributed by atoms with Gasteiger partial charge in [-0.05, 0) is 54.8 Å². The van der Waals surface area contributed by atoms with E-state index in [1.807, 2.05) is 6.92 Å². The third kappa shape index (κ3) is 3.92. The molecule has 2 N–H and O–H groups in total. The summed E-state index contributed by atoms with van der Waals surface area (Å²) in [6.07, 6.45) is 0.482. The maximum absolute atomic E-state index is 12.7. The lowest BCUT2D eigenvalue weighted by molar-refractivity contribution is 0.0696. The van der Waals surface area contributed by atoms with Crippen LogP contribution >= 0.6 is 15.9 Å². The van der Waals surface area contributed by atoms with E-state index in [1.54, 1.807) is 25.1 Å². The summed E-state index contributed by atoms with van der Waals surface area (Å²) in [5.74, 6) is -1.16. The van der Waals surface area contributed by atoms with Crippen molar-refractivity contribution in [3.05, 3.63) is 57.6 Å². The standard InChI is InChI=1S/C16H16BrNO4S/c1-3-11-4-5-12(16(19)20)9-15(11)23(21,22)18-14-7-6-13(17)8-10(14)2/h4-9,18H,3H2,1-2H3,(H,19,20). The lowest BCUT2D eigenvalue weighted by Gasteiger charge is -2.14. The Hall–Kier alpha value is -1.86. The average molecular weight is 398 g/mol. The summed E-state index contributed by atoms with van der Waals surface area (Å²) in [6.45, 7) is 3.61. The maximum Gasteiger partial charge on any atom is 0.335 e. The van der Waals surface area contributed by atoms with Gasteiger partial charge in [-0.15, -0.1) is 0 Å². The second kappa shape index (κ2) is 6.72. The zero-order valence-electron chi connectivity index (χ0n) is 12.6. The number of anilines is 1. The zero-order valence-corrected chi connectivity index (χ0v) is 15.0. The van der Waals surface area contributed by atoms with E-state index in [-0.39, 0.29) is 10.5 Å². The molecular weight excluding hydrogens is 382 g/mol. The van der Waals surface area contributed by atoms with Gasteiger partial charge in [0.15, 0.2) is 0 Å². The number of halogens is 1. The van der Waals surface area contributed by atoms with E-state index in [2.05, 4.69) is 20.7 Å². The topological polar surface area (TPSA) is 83.5 Å². The normalized spacial score (nSPS) is 11.3. The van der Waals surface area contributed by atoms with Crippen molar-refractivity contribution in [3.63, 3.8) is 0 Å². The molecule has 2 aromatic carbocycles. The molecule has 0 heterocycles. The van der Waals surface area contributed by atoms with Gasteiger partial charge in [-0.1, -0.05) is 28.9 Å². The highest BCUT2D eigenvalue weighted by Crippen LogP contribution is 2.25. The largest absolute Gasteiger partial charge is 0.478 e. The Morgan fingerprint density at radius 3 is 2.48 bits per heavy atom. The summed E-state index contributed by atoms with van der Waals surface area (Å²) in [4.78, 5) is 11.1. The van der Waals surface area contributed by atoms with Gasteiger partial charge in [0.1, 0.15) is 0 Å². The minimum Gasteiger partial charge on any atom is -0.478 e. The van der Waals surface area contributed by atoms with Crippen LogP contribution in [0.4, 0.5) is 5.69 Å². The van der Waals surface area contributed by atoms with E-state index < -0.39 is 16.0 Å². The molecule has 0 aliphatic carbocycles. The van der Waals surface area contributed by atoms with Gasteiger partial charge >= 0.3 is 5.97 Å². The summed E-state index contributed by atoms with van der Waals surface area (Å²) < 4.78 is 28.7. The van der Waals surface area contributed by atoms with Crippen LogP contribution in [-0.4, -0.2) is 19.5 Å². The van der Waals surface area contributed by atoms with Gasteiger partial charge in [0.05, 0.1) is 16.1 Å². The molecule has 122 valence electrons. The van der Waals surface area contributed by atoms with Crippen LogP contribution in [0.2, 0.25) is 0 Å². The molecule has 2 rings (SSSR count). The molecule has 0 saturated carbocycles. The van der Waals surface area contributed by atoms with Crippen molar-refractivity contribution in [2.75, 3.05) is 4.72 Å². The Kier molecular flexibility index (Phi) is 5.11. The highest BCUT2D eigenvalue weighted by atomic mass is 79.9. The lowest BCUT2D eigenvalue weighted by Crippen LogP contribution is -2.16. The van der Waals surface area contributed by atoms with E-state index in [0.29, 0.717) is 17.7 Å². The molecule has 0 bridgehead atoms. The highest BCUT2D eigenvalue weighted by Gasteiger charge is 2.21. The van der Waals surface area contributed by atoms with Gasteiger partial charge in [-0.2, -0.15) is 0 Å². The second-order valence-electron chi connectivity index (χ2n) is 5.05. The van der Waals surface area contributed by atoms with E-state index in [4.69, 9.17) is 5.11 Å². The molecule has 0 saturated heterocycles. The number of carbonyl (C=O) groups is 1. The van der Waals surface area contributed by atoms with Gasteiger partial charge in [-0.3, -0.25) is 4.72 Å². The van der Waals surface area contributed by atoms with Crippen LogP contribution in [-0.2, 0) is 16.4 Å². The summed E-state index contributed by atoms with van der Waals surface area (Å²) >= 11 is 3.33. The van der Waals surface area contributed by atoms with Gasteiger partial charge in [0, 0.05) is 4.47 Å². The first-order chi connectivity index (χ1) is 10.7. The Balaban J connectivity index is 2.50. The van der Waals surface area contributed by atoms with Gasteiger partial charge in [0.2, 0.25) is 0 Å². The number of nitrogens with one attached hydrogen (secondary N) is 1. The third-order valence-corrected chi connectivity index (χ3v) is 5.36. The number of aryl methyl sites for hydroxylation is 2. The monoisotopic (exact) mass is 397 g/mol. The molecule has 0 aromatic heterocycles. The van der Waals surface area contributed by atoms with Crippen LogP contribution in [0.1, 0.15) is 28.4 Å². The predicted octanol–water partition coefficient (Wildman–Crippen LogP) is 3.82. The minimum absolute atomic E-state index is 0.0118. The van der Waals surface area contributed by atoms with Crippen molar-refractivity contribution in [2.45, 2.75) is 25.2 Å². The van der Waals surface area contributed by atoms with Crippen LogP contribution in [0.5, 0.6) is 0 Å². The molecule has 23 heavy (non-hydrogen) atoms. The molecule has 0 amide bonds. The molecule has 0 atom stereocenters. The average Bonchev–Trinajstić information content (AvgIpc) is 2.49. The van der Waals surface area contributed by atoms with Gasteiger partial charge in [0.25, 0.3) is 10.0 Å².